The third-order valence-electron chi connectivity index (χ3n) is 10.9. The van der Waals surface area contributed by atoms with Crippen molar-refractivity contribution < 1.29 is 4.42 Å². The van der Waals surface area contributed by atoms with Gasteiger partial charge in [0.1, 0.15) is 5.52 Å². The normalized spacial score (nSPS) is 12.9. The number of para-hydroxylation sites is 1. The van der Waals surface area contributed by atoms with Crippen molar-refractivity contribution in [1.29, 1.82) is 0 Å². The van der Waals surface area contributed by atoms with Crippen molar-refractivity contribution in [3.8, 4) is 44.8 Å². The Morgan fingerprint density at radius 3 is 1.81 bits per heavy atom. The molecule has 0 saturated carbocycles. The lowest BCUT2D eigenvalue weighted by Crippen LogP contribution is -2.15. The second kappa shape index (κ2) is 12.2. The molecule has 0 bridgehead atoms. The fourth-order valence-electron chi connectivity index (χ4n) is 8.29. The Balaban J connectivity index is 1.13. The van der Waals surface area contributed by atoms with E-state index in [1.165, 1.54) is 33.4 Å². The Kier molecular flexibility index (Phi) is 7.16. The summed E-state index contributed by atoms with van der Waals surface area (Å²) in [5.41, 5.74) is 15.8. The van der Waals surface area contributed by atoms with Crippen molar-refractivity contribution in [2.45, 2.75) is 19.3 Å². The highest BCUT2D eigenvalue weighted by atomic mass is 16.3. The zero-order valence-corrected chi connectivity index (χ0v) is 29.6. The summed E-state index contributed by atoms with van der Waals surface area (Å²) in [6, 6.07) is 65.0. The van der Waals surface area contributed by atoms with Crippen LogP contribution in [0.15, 0.2) is 186 Å². The second-order valence-electron chi connectivity index (χ2n) is 14.4. The first-order valence-electron chi connectivity index (χ1n) is 18.2. The average molecular weight is 681 g/mol. The molecule has 1 aliphatic rings. The molecule has 252 valence electrons. The van der Waals surface area contributed by atoms with Crippen LogP contribution in [0.1, 0.15) is 25.0 Å². The maximum Gasteiger partial charge on any atom is 0.227 e. The molecule has 0 fully saturated rings. The lowest BCUT2D eigenvalue weighted by atomic mass is 9.82. The van der Waals surface area contributed by atoms with Crippen LogP contribution >= 0.6 is 0 Å². The smallest absolute Gasteiger partial charge is 0.227 e. The summed E-state index contributed by atoms with van der Waals surface area (Å²) in [6.07, 6.45) is 0. The molecular formula is C50H36N2O. The van der Waals surface area contributed by atoms with Crippen molar-refractivity contribution in [2.75, 3.05) is 4.90 Å². The van der Waals surface area contributed by atoms with Crippen molar-refractivity contribution >= 4 is 38.9 Å². The zero-order chi connectivity index (χ0) is 35.5. The predicted molar refractivity (Wildman–Crippen MR) is 220 cm³/mol. The molecule has 9 aromatic rings. The summed E-state index contributed by atoms with van der Waals surface area (Å²) in [4.78, 5) is 7.36. The Morgan fingerprint density at radius 2 is 1.04 bits per heavy atom. The van der Waals surface area contributed by atoms with Crippen molar-refractivity contribution in [3.63, 3.8) is 0 Å². The number of rotatable bonds is 6. The molecule has 10 rings (SSSR count). The van der Waals surface area contributed by atoms with Gasteiger partial charge in [0.2, 0.25) is 5.89 Å². The summed E-state index contributed by atoms with van der Waals surface area (Å²) in [6.45, 7) is 4.67. The second-order valence-corrected chi connectivity index (χ2v) is 14.4. The Morgan fingerprint density at radius 1 is 0.453 bits per heavy atom. The number of benzene rings is 8. The van der Waals surface area contributed by atoms with Crippen LogP contribution in [0.25, 0.3) is 66.7 Å². The summed E-state index contributed by atoms with van der Waals surface area (Å²) in [7, 11) is 0. The highest BCUT2D eigenvalue weighted by molar-refractivity contribution is 6.11. The SMILES string of the molecule is CC1(C)c2ccccc2-c2cc(N(c3ccc(-c4cc5oc(-c6ccccc6)nc5c5ccccc45)cc3)c3ccccc3-c3ccccc3)ccc21. The summed E-state index contributed by atoms with van der Waals surface area (Å²) in [5, 5.41) is 2.22. The monoisotopic (exact) mass is 680 g/mol. The number of fused-ring (bicyclic) bond motifs is 6. The van der Waals surface area contributed by atoms with Gasteiger partial charge in [-0.15, -0.1) is 0 Å². The Bertz CT molecular complexity index is 2800. The number of oxazole rings is 1. The fourth-order valence-corrected chi connectivity index (χ4v) is 8.29. The van der Waals surface area contributed by atoms with E-state index >= 15 is 0 Å². The summed E-state index contributed by atoms with van der Waals surface area (Å²) < 4.78 is 6.41. The van der Waals surface area contributed by atoms with E-state index in [9.17, 15) is 0 Å². The number of aromatic nitrogens is 1. The molecule has 0 aliphatic heterocycles. The first-order chi connectivity index (χ1) is 26.0. The Hall–Kier alpha value is -6.71. The van der Waals surface area contributed by atoms with E-state index in [1.54, 1.807) is 0 Å². The van der Waals surface area contributed by atoms with Gasteiger partial charge < -0.3 is 9.32 Å². The number of hydrogen-bond acceptors (Lipinski definition) is 3. The molecule has 0 radical (unpaired) electrons. The molecule has 0 N–H and O–H groups in total. The maximum atomic E-state index is 6.41. The lowest BCUT2D eigenvalue weighted by Gasteiger charge is -2.29. The third-order valence-corrected chi connectivity index (χ3v) is 10.9. The van der Waals surface area contributed by atoms with Crippen LogP contribution < -0.4 is 4.90 Å². The minimum atomic E-state index is -0.0614. The van der Waals surface area contributed by atoms with Crippen LogP contribution in [-0.4, -0.2) is 4.98 Å². The fraction of sp³-hybridized carbons (Fsp3) is 0.0600. The summed E-state index contributed by atoms with van der Waals surface area (Å²) in [5.74, 6) is 0.631. The van der Waals surface area contributed by atoms with Crippen LogP contribution in [-0.2, 0) is 5.41 Å². The van der Waals surface area contributed by atoms with E-state index in [4.69, 9.17) is 9.40 Å². The molecule has 0 amide bonds. The van der Waals surface area contributed by atoms with Crippen molar-refractivity contribution in [1.82, 2.24) is 4.98 Å². The van der Waals surface area contributed by atoms with Gasteiger partial charge in [0.25, 0.3) is 0 Å². The van der Waals surface area contributed by atoms with E-state index in [-0.39, 0.29) is 5.41 Å². The van der Waals surface area contributed by atoms with Gasteiger partial charge in [0.05, 0.1) is 5.69 Å². The molecule has 8 aromatic carbocycles. The molecule has 0 unspecified atom stereocenters. The van der Waals surface area contributed by atoms with Crippen LogP contribution in [0.2, 0.25) is 0 Å². The Labute approximate surface area is 309 Å². The number of hydrogen-bond donors (Lipinski definition) is 0. The van der Waals surface area contributed by atoms with Gasteiger partial charge in [0, 0.05) is 33.3 Å². The van der Waals surface area contributed by atoms with E-state index in [0.717, 1.165) is 55.6 Å². The minimum absolute atomic E-state index is 0.0614. The molecule has 3 heteroatoms. The largest absolute Gasteiger partial charge is 0.436 e. The number of anilines is 3. The van der Waals surface area contributed by atoms with Crippen molar-refractivity contribution in [2.24, 2.45) is 0 Å². The first kappa shape index (κ1) is 31.1. The molecule has 3 nitrogen and oxygen atoms in total. The van der Waals surface area contributed by atoms with Gasteiger partial charge in [-0.2, -0.15) is 0 Å². The molecule has 1 aliphatic carbocycles. The lowest BCUT2D eigenvalue weighted by molar-refractivity contribution is 0.620. The van der Waals surface area contributed by atoms with Gasteiger partial charge in [-0.1, -0.05) is 147 Å². The molecule has 0 atom stereocenters. The van der Waals surface area contributed by atoms with E-state index in [1.807, 2.05) is 30.3 Å². The van der Waals surface area contributed by atoms with Crippen LogP contribution in [0, 0.1) is 0 Å². The van der Waals surface area contributed by atoms with Crippen LogP contribution in [0.3, 0.4) is 0 Å². The van der Waals surface area contributed by atoms with Gasteiger partial charge in [-0.05, 0) is 92.9 Å². The van der Waals surface area contributed by atoms with Gasteiger partial charge in [0.15, 0.2) is 5.58 Å². The predicted octanol–water partition coefficient (Wildman–Crippen LogP) is 13.8. The van der Waals surface area contributed by atoms with E-state index in [0.29, 0.717) is 5.89 Å². The quantitative estimate of drug-likeness (QED) is 0.175. The molecule has 1 heterocycles. The minimum Gasteiger partial charge on any atom is -0.436 e. The van der Waals surface area contributed by atoms with Crippen molar-refractivity contribution in [3.05, 3.63) is 193 Å². The van der Waals surface area contributed by atoms with Gasteiger partial charge >= 0.3 is 0 Å². The number of nitrogens with zero attached hydrogens (tertiary/aromatic N) is 2. The van der Waals surface area contributed by atoms with E-state index < -0.39 is 0 Å². The first-order valence-corrected chi connectivity index (χ1v) is 18.2. The molecule has 0 spiro atoms. The molecule has 0 saturated heterocycles. The highest BCUT2D eigenvalue weighted by Crippen LogP contribution is 2.51. The average Bonchev–Trinajstić information content (AvgIpc) is 3.75. The highest BCUT2D eigenvalue weighted by Gasteiger charge is 2.35. The van der Waals surface area contributed by atoms with Gasteiger partial charge in [-0.25, -0.2) is 4.98 Å². The summed E-state index contributed by atoms with van der Waals surface area (Å²) >= 11 is 0. The maximum absolute atomic E-state index is 6.41. The zero-order valence-electron chi connectivity index (χ0n) is 29.6. The molecular weight excluding hydrogens is 645 g/mol. The van der Waals surface area contributed by atoms with Crippen LogP contribution in [0.4, 0.5) is 17.1 Å². The molecule has 1 aromatic heterocycles. The molecule has 53 heavy (non-hydrogen) atoms. The van der Waals surface area contributed by atoms with Crippen LogP contribution in [0.5, 0.6) is 0 Å². The van der Waals surface area contributed by atoms with Gasteiger partial charge in [-0.3, -0.25) is 0 Å². The van der Waals surface area contributed by atoms with E-state index in [2.05, 4.69) is 170 Å². The topological polar surface area (TPSA) is 29.3 Å². The third kappa shape index (κ3) is 5.08. The standard InChI is InChI=1S/C50H36N2O/c1-50(2)44-23-13-11-21-40(44)43-31-37(29-30-45(43)50)52(46-24-14-12-19-38(46)33-15-5-3-6-16-33)36-27-25-34(26-28-36)42-32-47-48(41-22-10-9-20-39(41)42)51-49(53-47)35-17-7-4-8-18-35/h3-32H,1-2H3.